The van der Waals surface area contributed by atoms with Crippen LogP contribution in [-0.4, -0.2) is 6.67 Å². The number of nitrogens with one attached hydrogen (secondary N) is 2. The van der Waals surface area contributed by atoms with E-state index in [1.807, 2.05) is 6.07 Å². The van der Waals surface area contributed by atoms with E-state index in [1.54, 1.807) is 0 Å². The van der Waals surface area contributed by atoms with Gasteiger partial charge in [-0.25, -0.2) is 0 Å². The molecule has 0 atom stereocenters. The maximum atomic E-state index is 6.45. The van der Waals surface area contributed by atoms with Gasteiger partial charge < -0.3 is 10.6 Å². The number of rotatable bonds is 2. The van der Waals surface area contributed by atoms with Crippen molar-refractivity contribution in [2.45, 2.75) is 18.8 Å². The average Bonchev–Trinajstić information content (AvgIpc) is 3.16. The van der Waals surface area contributed by atoms with Gasteiger partial charge >= 0.3 is 0 Å². The molecule has 1 heterocycles. The summed E-state index contributed by atoms with van der Waals surface area (Å²) in [4.78, 5) is 0. The first-order chi connectivity index (χ1) is 9.33. The maximum absolute atomic E-state index is 6.45. The van der Waals surface area contributed by atoms with E-state index < -0.39 is 0 Å². The van der Waals surface area contributed by atoms with E-state index in [0.29, 0.717) is 5.92 Å². The smallest absolute Gasteiger partial charge is 0.0850 e. The van der Waals surface area contributed by atoms with Gasteiger partial charge in [-0.05, 0) is 48.1 Å². The molecule has 0 amide bonds. The molecule has 1 saturated carbocycles. The van der Waals surface area contributed by atoms with Crippen LogP contribution in [0.2, 0.25) is 5.02 Å². The van der Waals surface area contributed by atoms with Crippen molar-refractivity contribution in [2.75, 3.05) is 17.3 Å². The van der Waals surface area contributed by atoms with Gasteiger partial charge in [0.2, 0.25) is 0 Å². The molecule has 2 N–H and O–H groups in total. The Kier molecular flexibility index (Phi) is 2.46. The first kappa shape index (κ1) is 11.2. The predicted molar refractivity (Wildman–Crippen MR) is 81.0 cm³/mol. The van der Waals surface area contributed by atoms with Crippen LogP contribution in [0.1, 0.15) is 24.3 Å². The van der Waals surface area contributed by atoms with Gasteiger partial charge in [0.15, 0.2) is 0 Å². The molecule has 3 heteroatoms. The zero-order chi connectivity index (χ0) is 12.8. The molecule has 1 fully saturated rings. The van der Waals surface area contributed by atoms with Crippen LogP contribution in [0.3, 0.4) is 0 Å². The molecule has 0 bridgehead atoms. The summed E-state index contributed by atoms with van der Waals surface area (Å²) in [5, 5.41) is 7.50. The van der Waals surface area contributed by atoms with Gasteiger partial charge in [-0.3, -0.25) is 0 Å². The Morgan fingerprint density at radius 1 is 1.00 bits per heavy atom. The largest absolute Gasteiger partial charge is 0.366 e. The monoisotopic (exact) mass is 270 g/mol. The van der Waals surface area contributed by atoms with Crippen molar-refractivity contribution in [3.63, 3.8) is 0 Å². The molecule has 4 rings (SSSR count). The minimum Gasteiger partial charge on any atom is -0.366 e. The predicted octanol–water partition coefficient (Wildman–Crippen LogP) is 4.68. The van der Waals surface area contributed by atoms with Crippen molar-refractivity contribution in [3.8, 4) is 11.1 Å². The zero-order valence-corrected chi connectivity index (χ0v) is 11.3. The van der Waals surface area contributed by atoms with Gasteiger partial charge in [-0.1, -0.05) is 29.8 Å². The molecule has 1 aliphatic carbocycles. The van der Waals surface area contributed by atoms with Crippen LogP contribution in [0.5, 0.6) is 0 Å². The molecule has 0 radical (unpaired) electrons. The van der Waals surface area contributed by atoms with Gasteiger partial charge in [-0.15, -0.1) is 0 Å². The molecule has 2 nitrogen and oxygen atoms in total. The molecule has 96 valence electrons. The van der Waals surface area contributed by atoms with E-state index in [4.69, 9.17) is 11.6 Å². The molecule has 19 heavy (non-hydrogen) atoms. The lowest BCUT2D eigenvalue weighted by atomic mass is 9.96. The topological polar surface area (TPSA) is 24.1 Å². The first-order valence-electron chi connectivity index (χ1n) is 6.73. The zero-order valence-electron chi connectivity index (χ0n) is 10.5. The molecule has 2 aromatic rings. The van der Waals surface area contributed by atoms with Gasteiger partial charge in [0.1, 0.15) is 0 Å². The second-order valence-corrected chi connectivity index (χ2v) is 5.68. The van der Waals surface area contributed by atoms with Crippen molar-refractivity contribution in [1.82, 2.24) is 0 Å². The molecule has 2 aliphatic rings. The quantitative estimate of drug-likeness (QED) is 0.828. The summed E-state index contributed by atoms with van der Waals surface area (Å²) >= 11 is 6.45. The minimum absolute atomic E-state index is 0.702. The Morgan fingerprint density at radius 2 is 1.84 bits per heavy atom. The molecule has 0 spiro atoms. The van der Waals surface area contributed by atoms with Crippen LogP contribution < -0.4 is 10.6 Å². The van der Waals surface area contributed by atoms with Gasteiger partial charge in [0.25, 0.3) is 0 Å². The number of anilines is 2. The number of hydrogen-bond donors (Lipinski definition) is 2. The highest BCUT2D eigenvalue weighted by Gasteiger charge is 2.27. The Morgan fingerprint density at radius 3 is 2.68 bits per heavy atom. The Bertz CT molecular complexity index is 647. The van der Waals surface area contributed by atoms with E-state index >= 15 is 0 Å². The normalized spacial score (nSPS) is 16.7. The van der Waals surface area contributed by atoms with Crippen molar-refractivity contribution in [1.29, 1.82) is 0 Å². The number of hydrogen-bond acceptors (Lipinski definition) is 2. The summed E-state index contributed by atoms with van der Waals surface area (Å²) in [6.45, 7) is 0.802. The highest BCUT2D eigenvalue weighted by Crippen LogP contribution is 2.47. The molecule has 2 aromatic carbocycles. The second kappa shape index (κ2) is 4.17. The summed E-state index contributed by atoms with van der Waals surface area (Å²) in [5.41, 5.74) is 6.16. The number of fused-ring (bicyclic) bond motifs is 1. The highest BCUT2D eigenvalue weighted by molar-refractivity contribution is 6.33. The van der Waals surface area contributed by atoms with E-state index in [0.717, 1.165) is 11.7 Å². The van der Waals surface area contributed by atoms with Gasteiger partial charge in [0.05, 0.1) is 18.0 Å². The first-order valence-corrected chi connectivity index (χ1v) is 7.11. The molecular weight excluding hydrogens is 256 g/mol. The summed E-state index contributed by atoms with van der Waals surface area (Å²) in [6.07, 6.45) is 2.58. The molecule has 0 unspecified atom stereocenters. The number of halogens is 1. The SMILES string of the molecule is Clc1cccc(C2CC2)c1-c1ccc2c(c1)NCN2. The summed E-state index contributed by atoms with van der Waals surface area (Å²) in [6, 6.07) is 12.8. The lowest BCUT2D eigenvalue weighted by molar-refractivity contribution is 1.13. The summed E-state index contributed by atoms with van der Waals surface area (Å²) in [7, 11) is 0. The van der Waals surface area contributed by atoms with Crippen LogP contribution in [0, 0.1) is 0 Å². The number of benzene rings is 2. The van der Waals surface area contributed by atoms with Crippen LogP contribution >= 0.6 is 11.6 Å². The maximum Gasteiger partial charge on any atom is 0.0850 e. The van der Waals surface area contributed by atoms with Crippen molar-refractivity contribution in [3.05, 3.63) is 47.0 Å². The fourth-order valence-electron chi connectivity index (χ4n) is 2.81. The fraction of sp³-hybridized carbons (Fsp3) is 0.250. The molecule has 0 aromatic heterocycles. The Labute approximate surface area is 117 Å². The molecular formula is C16H15ClN2. The molecule has 0 saturated heterocycles. The van der Waals surface area contributed by atoms with Crippen LogP contribution in [0.15, 0.2) is 36.4 Å². The average molecular weight is 271 g/mol. The van der Waals surface area contributed by atoms with E-state index in [2.05, 4.69) is 41.0 Å². The lowest BCUT2D eigenvalue weighted by Crippen LogP contribution is -1.98. The van der Waals surface area contributed by atoms with Crippen molar-refractivity contribution < 1.29 is 0 Å². The minimum atomic E-state index is 0.702. The Hall–Kier alpha value is -1.67. The van der Waals surface area contributed by atoms with Crippen LogP contribution in [0.25, 0.3) is 11.1 Å². The van der Waals surface area contributed by atoms with Gasteiger partial charge in [0, 0.05) is 10.6 Å². The van der Waals surface area contributed by atoms with Crippen molar-refractivity contribution in [2.24, 2.45) is 0 Å². The third kappa shape index (κ3) is 1.87. The second-order valence-electron chi connectivity index (χ2n) is 5.27. The standard InChI is InChI=1S/C16H15ClN2/c17-13-3-1-2-12(10-4-5-10)16(13)11-6-7-14-15(8-11)19-9-18-14/h1-3,6-8,10,18-19H,4-5,9H2. The third-order valence-corrected chi connectivity index (χ3v) is 4.24. The third-order valence-electron chi connectivity index (χ3n) is 3.93. The van der Waals surface area contributed by atoms with Crippen LogP contribution in [-0.2, 0) is 0 Å². The van der Waals surface area contributed by atoms with E-state index in [-0.39, 0.29) is 0 Å². The lowest BCUT2D eigenvalue weighted by Gasteiger charge is -2.12. The summed E-state index contributed by atoms with van der Waals surface area (Å²) in [5.74, 6) is 0.702. The van der Waals surface area contributed by atoms with E-state index in [1.165, 1.54) is 40.9 Å². The Balaban J connectivity index is 1.88. The van der Waals surface area contributed by atoms with Crippen LogP contribution in [0.4, 0.5) is 11.4 Å². The van der Waals surface area contributed by atoms with Gasteiger partial charge in [-0.2, -0.15) is 0 Å². The summed E-state index contributed by atoms with van der Waals surface area (Å²) < 4.78 is 0. The fourth-order valence-corrected chi connectivity index (χ4v) is 3.11. The highest BCUT2D eigenvalue weighted by atomic mass is 35.5. The van der Waals surface area contributed by atoms with E-state index in [9.17, 15) is 0 Å². The molecule has 1 aliphatic heterocycles. The van der Waals surface area contributed by atoms with Crippen molar-refractivity contribution >= 4 is 23.0 Å².